The molecular weight excluding hydrogens is 268 g/mol. The molecule has 2 aromatic carbocycles. The molecule has 0 aliphatic rings. The first kappa shape index (κ1) is 17.7. The number of H-pyrrole nitrogens is 1. The smallest absolute Gasteiger partial charge is 0.137 e. The van der Waals surface area contributed by atoms with Gasteiger partial charge in [-0.3, -0.25) is 0 Å². The highest BCUT2D eigenvalue weighted by atomic mass is 14.9. The van der Waals surface area contributed by atoms with Gasteiger partial charge in [0.2, 0.25) is 0 Å². The summed E-state index contributed by atoms with van der Waals surface area (Å²) in [6.07, 6.45) is 1.89. The summed E-state index contributed by atoms with van der Waals surface area (Å²) >= 11 is 0. The van der Waals surface area contributed by atoms with Gasteiger partial charge in [0.25, 0.3) is 0 Å². The van der Waals surface area contributed by atoms with Crippen molar-refractivity contribution in [2.75, 3.05) is 0 Å². The number of aryl methyl sites for hydroxylation is 1. The van der Waals surface area contributed by atoms with E-state index in [9.17, 15) is 0 Å². The van der Waals surface area contributed by atoms with E-state index in [2.05, 4.69) is 53.3 Å². The van der Waals surface area contributed by atoms with Gasteiger partial charge in [0.15, 0.2) is 0 Å². The van der Waals surface area contributed by atoms with Crippen molar-refractivity contribution < 1.29 is 0 Å². The summed E-state index contributed by atoms with van der Waals surface area (Å²) in [7, 11) is 0. The van der Waals surface area contributed by atoms with E-state index >= 15 is 0 Å². The molecule has 116 valence electrons. The Bertz CT molecular complexity index is 654. The molecule has 2 heteroatoms. The third-order valence-corrected chi connectivity index (χ3v) is 2.95. The first-order valence-electron chi connectivity index (χ1n) is 8.00. The molecule has 3 aromatic rings. The largest absolute Gasteiger partial charge is 0.338 e. The van der Waals surface area contributed by atoms with Crippen molar-refractivity contribution >= 4 is 0 Å². The normalized spacial score (nSPS) is 9.14. The Morgan fingerprint density at radius 2 is 1.41 bits per heavy atom. The summed E-state index contributed by atoms with van der Waals surface area (Å²) in [5.74, 6) is 0.909. The van der Waals surface area contributed by atoms with E-state index in [0.717, 1.165) is 17.1 Å². The Morgan fingerprint density at radius 1 is 0.773 bits per heavy atom. The minimum Gasteiger partial charge on any atom is -0.338 e. The minimum absolute atomic E-state index is 0.909. The molecule has 1 N–H and O–H groups in total. The molecule has 0 radical (unpaired) electrons. The van der Waals surface area contributed by atoms with Gasteiger partial charge in [-0.1, -0.05) is 81.8 Å². The van der Waals surface area contributed by atoms with Gasteiger partial charge in [-0.2, -0.15) is 0 Å². The van der Waals surface area contributed by atoms with Gasteiger partial charge >= 0.3 is 0 Å². The highest BCUT2D eigenvalue weighted by Crippen LogP contribution is 2.22. The second-order valence-corrected chi connectivity index (χ2v) is 4.38. The van der Waals surface area contributed by atoms with Gasteiger partial charge in [0.1, 0.15) is 5.82 Å². The van der Waals surface area contributed by atoms with Gasteiger partial charge < -0.3 is 4.98 Å². The Balaban J connectivity index is 0.000000561. The molecular formula is C20H26N2. The third-order valence-electron chi connectivity index (χ3n) is 2.95. The summed E-state index contributed by atoms with van der Waals surface area (Å²) in [5, 5.41) is 0. The number of imidazole rings is 1. The summed E-state index contributed by atoms with van der Waals surface area (Å²) < 4.78 is 0. The van der Waals surface area contributed by atoms with E-state index in [1.807, 2.05) is 52.1 Å². The van der Waals surface area contributed by atoms with Crippen LogP contribution in [0.2, 0.25) is 0 Å². The second-order valence-electron chi connectivity index (χ2n) is 4.38. The predicted molar refractivity (Wildman–Crippen MR) is 96.9 cm³/mol. The third kappa shape index (κ3) is 4.59. The topological polar surface area (TPSA) is 28.7 Å². The molecule has 0 saturated carbocycles. The first-order chi connectivity index (χ1) is 10.8. The number of hydrogen-bond donors (Lipinski definition) is 1. The van der Waals surface area contributed by atoms with Crippen LogP contribution in [0.4, 0.5) is 0 Å². The predicted octanol–water partition coefficient (Wildman–Crippen LogP) is 6.10. The molecule has 0 unspecified atom stereocenters. The molecule has 0 bridgehead atoms. The molecule has 0 saturated heterocycles. The molecule has 1 aromatic heterocycles. The number of aromatic amines is 1. The molecule has 0 fully saturated rings. The lowest BCUT2D eigenvalue weighted by molar-refractivity contribution is 1.31. The number of hydrogen-bond acceptors (Lipinski definition) is 1. The number of aromatic nitrogens is 2. The molecule has 0 amide bonds. The molecule has 0 atom stereocenters. The van der Waals surface area contributed by atoms with Crippen LogP contribution in [0.1, 0.15) is 33.3 Å². The Kier molecular flexibility index (Phi) is 7.69. The zero-order valence-corrected chi connectivity index (χ0v) is 14.2. The summed E-state index contributed by atoms with van der Waals surface area (Å²) in [4.78, 5) is 7.80. The van der Waals surface area contributed by atoms with E-state index in [0.29, 0.717) is 0 Å². The fourth-order valence-electron chi connectivity index (χ4n) is 2.02. The van der Waals surface area contributed by atoms with Crippen LogP contribution >= 0.6 is 0 Å². The van der Waals surface area contributed by atoms with E-state index < -0.39 is 0 Å². The fraction of sp³-hybridized carbons (Fsp3) is 0.250. The molecule has 0 spiro atoms. The van der Waals surface area contributed by atoms with Crippen LogP contribution in [-0.2, 0) is 0 Å². The van der Waals surface area contributed by atoms with E-state index in [-0.39, 0.29) is 0 Å². The minimum atomic E-state index is 0.909. The lowest BCUT2D eigenvalue weighted by Crippen LogP contribution is -1.81. The molecule has 1 heterocycles. The summed E-state index contributed by atoms with van der Waals surface area (Å²) in [6, 6.07) is 18.6. The van der Waals surface area contributed by atoms with Crippen LogP contribution in [0, 0.1) is 6.92 Å². The zero-order valence-electron chi connectivity index (χ0n) is 14.2. The van der Waals surface area contributed by atoms with Crippen LogP contribution < -0.4 is 0 Å². The van der Waals surface area contributed by atoms with Crippen LogP contribution in [0.5, 0.6) is 0 Å². The van der Waals surface area contributed by atoms with Crippen LogP contribution in [0.3, 0.4) is 0 Å². The van der Waals surface area contributed by atoms with Crippen LogP contribution in [0.15, 0.2) is 60.8 Å². The van der Waals surface area contributed by atoms with Gasteiger partial charge in [0, 0.05) is 5.56 Å². The number of nitrogens with zero attached hydrogens (tertiary/aromatic N) is 1. The highest BCUT2D eigenvalue weighted by Gasteiger charge is 2.04. The standard InChI is InChI=1S/C16H14N2.2C2H6/c1-12-6-5-9-14(10-12)15-11-17-16(18-15)13-7-3-2-4-8-13;2*1-2/h2-11H,1H3,(H,17,18);2*1-2H3. The Labute approximate surface area is 134 Å². The maximum absolute atomic E-state index is 4.44. The average molecular weight is 294 g/mol. The lowest BCUT2D eigenvalue weighted by atomic mass is 10.1. The van der Waals surface area contributed by atoms with Gasteiger partial charge in [-0.15, -0.1) is 0 Å². The van der Waals surface area contributed by atoms with Gasteiger partial charge in [-0.25, -0.2) is 4.98 Å². The highest BCUT2D eigenvalue weighted by molar-refractivity contribution is 5.64. The molecule has 2 nitrogen and oxygen atoms in total. The number of rotatable bonds is 2. The average Bonchev–Trinajstić information content (AvgIpc) is 3.09. The fourth-order valence-corrected chi connectivity index (χ4v) is 2.02. The zero-order chi connectivity index (χ0) is 16.4. The van der Waals surface area contributed by atoms with Gasteiger partial charge in [-0.05, 0) is 18.6 Å². The van der Waals surface area contributed by atoms with Gasteiger partial charge in [0.05, 0.1) is 11.9 Å². The van der Waals surface area contributed by atoms with Crippen molar-refractivity contribution in [3.63, 3.8) is 0 Å². The monoisotopic (exact) mass is 294 g/mol. The van der Waals surface area contributed by atoms with Crippen molar-refractivity contribution in [2.24, 2.45) is 0 Å². The molecule has 3 rings (SSSR count). The maximum Gasteiger partial charge on any atom is 0.137 e. The maximum atomic E-state index is 4.44. The van der Waals surface area contributed by atoms with E-state index in [4.69, 9.17) is 0 Å². The summed E-state index contributed by atoms with van der Waals surface area (Å²) in [5.41, 5.74) is 4.59. The molecule has 0 aliphatic heterocycles. The first-order valence-corrected chi connectivity index (χ1v) is 8.00. The second kappa shape index (κ2) is 9.56. The SMILES string of the molecule is CC.CC.Cc1cccc(-c2cnc(-c3ccccc3)[nH]2)c1. The van der Waals surface area contributed by atoms with Crippen LogP contribution in [0.25, 0.3) is 22.6 Å². The van der Waals surface area contributed by atoms with E-state index in [1.54, 1.807) is 0 Å². The molecule has 0 aliphatic carbocycles. The Morgan fingerprint density at radius 3 is 2.05 bits per heavy atom. The van der Waals surface area contributed by atoms with Crippen LogP contribution in [-0.4, -0.2) is 9.97 Å². The van der Waals surface area contributed by atoms with Crippen molar-refractivity contribution in [2.45, 2.75) is 34.6 Å². The summed E-state index contributed by atoms with van der Waals surface area (Å²) in [6.45, 7) is 10.1. The number of nitrogens with one attached hydrogen (secondary N) is 1. The van der Waals surface area contributed by atoms with Crippen molar-refractivity contribution in [1.29, 1.82) is 0 Å². The van der Waals surface area contributed by atoms with E-state index in [1.165, 1.54) is 11.1 Å². The van der Waals surface area contributed by atoms with Crippen molar-refractivity contribution in [1.82, 2.24) is 9.97 Å². The quantitative estimate of drug-likeness (QED) is 0.607. The lowest BCUT2D eigenvalue weighted by Gasteiger charge is -1.99. The van der Waals surface area contributed by atoms with Crippen molar-refractivity contribution in [3.8, 4) is 22.6 Å². The van der Waals surface area contributed by atoms with Crippen molar-refractivity contribution in [3.05, 3.63) is 66.4 Å². The Hall–Kier alpha value is -2.35. The molecule has 22 heavy (non-hydrogen) atoms. The number of benzene rings is 2.